The van der Waals surface area contributed by atoms with Gasteiger partial charge >= 0.3 is 11.5 Å². The number of aromatic nitrogens is 2. The maximum atomic E-state index is 13.9. The SMILES string of the molecule is CC(C)(C)C(=O)Oc1c2n(c(C3CCCN3)nc1=O)CCN(C1Cc3ccccc3C1)C2=O. The van der Waals surface area contributed by atoms with Crippen molar-refractivity contribution in [3.05, 3.63) is 57.3 Å². The van der Waals surface area contributed by atoms with Crippen LogP contribution in [0.25, 0.3) is 0 Å². The lowest BCUT2D eigenvalue weighted by atomic mass is 9.97. The Labute approximate surface area is 193 Å². The molecule has 0 spiro atoms. The van der Waals surface area contributed by atoms with Crippen molar-refractivity contribution in [2.75, 3.05) is 13.1 Å². The van der Waals surface area contributed by atoms with E-state index in [-0.39, 0.29) is 29.4 Å². The molecule has 0 bridgehead atoms. The molecule has 8 nitrogen and oxygen atoms in total. The van der Waals surface area contributed by atoms with Gasteiger partial charge in [0, 0.05) is 19.1 Å². The molecule has 8 heteroatoms. The second kappa shape index (κ2) is 8.09. The van der Waals surface area contributed by atoms with E-state index >= 15 is 0 Å². The lowest BCUT2D eigenvalue weighted by Gasteiger charge is -2.36. The molecular weight excluding hydrogens is 420 g/mol. The number of rotatable bonds is 3. The van der Waals surface area contributed by atoms with Crippen molar-refractivity contribution >= 4 is 11.9 Å². The lowest BCUT2D eigenvalue weighted by Crippen LogP contribution is -2.49. The number of ether oxygens (including phenoxy) is 1. The number of fused-ring (bicyclic) bond motifs is 2. The van der Waals surface area contributed by atoms with E-state index in [2.05, 4.69) is 22.4 Å². The van der Waals surface area contributed by atoms with Crippen LogP contribution in [0.1, 0.15) is 67.1 Å². The number of nitrogens with one attached hydrogen (secondary N) is 1. The van der Waals surface area contributed by atoms with Crippen LogP contribution < -0.4 is 15.6 Å². The molecule has 5 rings (SSSR count). The van der Waals surface area contributed by atoms with Gasteiger partial charge in [0.15, 0.2) is 5.69 Å². The topological polar surface area (TPSA) is 93.5 Å². The van der Waals surface area contributed by atoms with Crippen LogP contribution in [-0.4, -0.2) is 45.5 Å². The summed E-state index contributed by atoms with van der Waals surface area (Å²) in [5, 5.41) is 3.37. The molecule has 2 aliphatic heterocycles. The summed E-state index contributed by atoms with van der Waals surface area (Å²) < 4.78 is 7.37. The second-order valence-corrected chi connectivity index (χ2v) is 10.2. The van der Waals surface area contributed by atoms with Gasteiger partial charge in [-0.3, -0.25) is 14.4 Å². The van der Waals surface area contributed by atoms with Gasteiger partial charge in [-0.1, -0.05) is 24.3 Å². The van der Waals surface area contributed by atoms with Crippen LogP contribution in [0.2, 0.25) is 0 Å². The van der Waals surface area contributed by atoms with Gasteiger partial charge in [-0.2, -0.15) is 4.98 Å². The monoisotopic (exact) mass is 450 g/mol. The maximum Gasteiger partial charge on any atom is 0.316 e. The fourth-order valence-corrected chi connectivity index (χ4v) is 5.05. The van der Waals surface area contributed by atoms with Gasteiger partial charge in [0.1, 0.15) is 5.82 Å². The third kappa shape index (κ3) is 3.86. The smallest absolute Gasteiger partial charge is 0.316 e. The molecule has 3 heterocycles. The van der Waals surface area contributed by atoms with Gasteiger partial charge in [-0.25, -0.2) is 0 Å². The molecule has 3 aliphatic rings. The fourth-order valence-electron chi connectivity index (χ4n) is 5.05. The highest BCUT2D eigenvalue weighted by Crippen LogP contribution is 2.32. The lowest BCUT2D eigenvalue weighted by molar-refractivity contribution is -0.143. The predicted molar refractivity (Wildman–Crippen MR) is 122 cm³/mol. The molecule has 174 valence electrons. The Hall–Kier alpha value is -3.00. The van der Waals surface area contributed by atoms with Crippen molar-refractivity contribution in [1.82, 2.24) is 19.8 Å². The first-order chi connectivity index (χ1) is 15.7. The average molecular weight is 451 g/mol. The highest BCUT2D eigenvalue weighted by Gasteiger charge is 2.40. The van der Waals surface area contributed by atoms with Crippen molar-refractivity contribution in [3.8, 4) is 5.75 Å². The van der Waals surface area contributed by atoms with E-state index in [1.165, 1.54) is 11.1 Å². The second-order valence-electron chi connectivity index (χ2n) is 10.2. The zero-order valence-electron chi connectivity index (χ0n) is 19.4. The minimum atomic E-state index is -0.819. The molecule has 1 aromatic heterocycles. The molecule has 33 heavy (non-hydrogen) atoms. The van der Waals surface area contributed by atoms with Crippen molar-refractivity contribution in [1.29, 1.82) is 0 Å². The largest absolute Gasteiger partial charge is 0.418 e. The average Bonchev–Trinajstić information content (AvgIpc) is 3.44. The predicted octanol–water partition coefficient (Wildman–Crippen LogP) is 2.24. The first-order valence-electron chi connectivity index (χ1n) is 11.7. The Morgan fingerprint density at radius 2 is 1.82 bits per heavy atom. The van der Waals surface area contributed by atoms with Crippen molar-refractivity contribution in [2.45, 2.75) is 65.1 Å². The molecule has 1 aromatic carbocycles. The van der Waals surface area contributed by atoms with E-state index in [0.29, 0.717) is 18.9 Å². The van der Waals surface area contributed by atoms with Crippen molar-refractivity contribution in [2.24, 2.45) is 5.41 Å². The van der Waals surface area contributed by atoms with E-state index in [9.17, 15) is 14.4 Å². The van der Waals surface area contributed by atoms with Crippen LogP contribution in [0.3, 0.4) is 0 Å². The molecule has 1 unspecified atom stereocenters. The number of hydrogen-bond acceptors (Lipinski definition) is 6. The molecule has 1 aliphatic carbocycles. The Bertz CT molecular complexity index is 1150. The molecule has 1 N–H and O–H groups in total. The van der Waals surface area contributed by atoms with Crippen LogP contribution in [0, 0.1) is 5.41 Å². The molecular formula is C25H30N4O4. The minimum Gasteiger partial charge on any atom is -0.418 e. The molecule has 0 saturated carbocycles. The molecule has 2 aromatic rings. The standard InChI is InChI=1S/C25H30N4O4/c1-25(2,3)24(32)33-20-19-23(31)28(17-13-15-7-4-5-8-16(15)14-17)11-12-29(19)21(27-22(20)30)18-9-6-10-26-18/h4-5,7-8,17-18,26H,6,9-14H2,1-3H3. The molecule has 1 saturated heterocycles. The van der Waals surface area contributed by atoms with Gasteiger partial charge in [0.2, 0.25) is 5.75 Å². The van der Waals surface area contributed by atoms with E-state index in [0.717, 1.165) is 32.2 Å². The quantitative estimate of drug-likeness (QED) is 0.721. The highest BCUT2D eigenvalue weighted by atomic mass is 16.5. The van der Waals surface area contributed by atoms with E-state index in [4.69, 9.17) is 4.74 Å². The summed E-state index contributed by atoms with van der Waals surface area (Å²) in [6, 6.07) is 8.18. The van der Waals surface area contributed by atoms with Gasteiger partial charge in [-0.05, 0) is 64.1 Å². The van der Waals surface area contributed by atoms with Crippen LogP contribution in [0.15, 0.2) is 29.1 Å². The van der Waals surface area contributed by atoms with E-state index in [1.807, 2.05) is 17.0 Å². The zero-order valence-corrected chi connectivity index (χ0v) is 19.4. The van der Waals surface area contributed by atoms with Crippen LogP contribution >= 0.6 is 0 Å². The summed E-state index contributed by atoms with van der Waals surface area (Å²) in [5.41, 5.74) is 1.18. The van der Waals surface area contributed by atoms with Crippen LogP contribution in [0.5, 0.6) is 5.75 Å². The zero-order chi connectivity index (χ0) is 23.3. The van der Waals surface area contributed by atoms with Crippen LogP contribution in [-0.2, 0) is 24.2 Å². The number of hydrogen-bond donors (Lipinski definition) is 1. The molecule has 0 radical (unpaired) electrons. The minimum absolute atomic E-state index is 0.0196. The number of amides is 1. The molecule has 1 fully saturated rings. The Morgan fingerprint density at radius 3 is 2.42 bits per heavy atom. The molecule has 1 atom stereocenters. The first kappa shape index (κ1) is 21.8. The summed E-state index contributed by atoms with van der Waals surface area (Å²) >= 11 is 0. The van der Waals surface area contributed by atoms with E-state index in [1.54, 1.807) is 25.3 Å². The summed E-state index contributed by atoms with van der Waals surface area (Å²) in [6.45, 7) is 7.03. The van der Waals surface area contributed by atoms with Crippen molar-refractivity contribution < 1.29 is 14.3 Å². The number of benzene rings is 1. The number of esters is 1. The van der Waals surface area contributed by atoms with E-state index < -0.39 is 16.9 Å². The third-order valence-corrected chi connectivity index (χ3v) is 6.85. The number of carbonyl (C=O) groups is 2. The normalized spacial score (nSPS) is 20.6. The Balaban J connectivity index is 1.56. The Kier molecular flexibility index (Phi) is 5.35. The first-order valence-corrected chi connectivity index (χ1v) is 11.7. The Morgan fingerprint density at radius 1 is 1.12 bits per heavy atom. The summed E-state index contributed by atoms with van der Waals surface area (Å²) in [5.74, 6) is -0.517. The highest BCUT2D eigenvalue weighted by molar-refractivity contribution is 5.97. The maximum absolute atomic E-state index is 13.9. The summed E-state index contributed by atoms with van der Waals surface area (Å²) in [7, 11) is 0. The summed E-state index contributed by atoms with van der Waals surface area (Å²) in [4.78, 5) is 45.7. The van der Waals surface area contributed by atoms with Gasteiger partial charge in [-0.15, -0.1) is 0 Å². The van der Waals surface area contributed by atoms with Gasteiger partial charge in [0.05, 0.1) is 11.5 Å². The van der Waals surface area contributed by atoms with Crippen LogP contribution in [0.4, 0.5) is 0 Å². The molecule has 1 amide bonds. The third-order valence-electron chi connectivity index (χ3n) is 6.85. The van der Waals surface area contributed by atoms with Gasteiger partial charge in [0.25, 0.3) is 5.91 Å². The fraction of sp³-hybridized carbons (Fsp3) is 0.520. The van der Waals surface area contributed by atoms with Crippen molar-refractivity contribution in [3.63, 3.8) is 0 Å². The van der Waals surface area contributed by atoms with Gasteiger partial charge < -0.3 is 19.5 Å². The summed E-state index contributed by atoms with van der Waals surface area (Å²) in [6.07, 6.45) is 3.40. The number of nitrogens with zero attached hydrogens (tertiary/aromatic N) is 3. The number of carbonyl (C=O) groups excluding carboxylic acids is 2.